The van der Waals surface area contributed by atoms with E-state index in [1.807, 2.05) is 16.5 Å². The standard InChI is InChI=1S/C32H39N9O6/c1-2-43-9-10-45-13-14-46-12-11-44-8-6-26(42)40-7-5-22-15-21(3-4-23(22)19-40)18-41-30-27(29(33)36-20-37-30)28(39-41)24-16-25-31(35-17-24)47-32(34)38-25/h3-4,15-17,20H,2,5-14,18-19H2,1H3,(H2,34,38)(H2,33,36,37). The molecule has 1 aliphatic heterocycles. The number of rotatable bonds is 16. The van der Waals surface area contributed by atoms with Gasteiger partial charge in [-0.2, -0.15) is 10.1 Å². The zero-order valence-corrected chi connectivity index (χ0v) is 26.4. The predicted molar refractivity (Wildman–Crippen MR) is 173 cm³/mol. The molecular formula is C32H39N9O6. The zero-order chi connectivity index (χ0) is 32.6. The number of pyridine rings is 1. The Morgan fingerprint density at radius 1 is 0.936 bits per heavy atom. The van der Waals surface area contributed by atoms with Gasteiger partial charge in [-0.1, -0.05) is 18.2 Å². The number of fused-ring (bicyclic) bond motifs is 3. The molecule has 0 radical (unpaired) electrons. The number of ether oxygens (including phenoxy) is 4. The van der Waals surface area contributed by atoms with Gasteiger partial charge in [0.1, 0.15) is 23.4 Å². The van der Waals surface area contributed by atoms with Crippen LogP contribution in [0.4, 0.5) is 11.8 Å². The zero-order valence-electron chi connectivity index (χ0n) is 26.4. The number of oxazole rings is 1. The minimum atomic E-state index is 0.0423. The lowest BCUT2D eigenvalue weighted by atomic mass is 9.97. The molecule has 1 amide bonds. The molecule has 4 aromatic heterocycles. The van der Waals surface area contributed by atoms with Crippen LogP contribution in [0.5, 0.6) is 0 Å². The Balaban J connectivity index is 1.02. The fourth-order valence-electron chi connectivity index (χ4n) is 5.52. The van der Waals surface area contributed by atoms with Crippen molar-refractivity contribution in [1.29, 1.82) is 0 Å². The van der Waals surface area contributed by atoms with Crippen molar-refractivity contribution in [3.63, 3.8) is 0 Å². The van der Waals surface area contributed by atoms with Crippen LogP contribution in [0.2, 0.25) is 0 Å². The highest BCUT2D eigenvalue weighted by atomic mass is 16.6. The van der Waals surface area contributed by atoms with Crippen molar-refractivity contribution in [3.8, 4) is 11.3 Å². The Morgan fingerprint density at radius 2 is 1.70 bits per heavy atom. The molecule has 47 heavy (non-hydrogen) atoms. The number of hydrogen-bond acceptors (Lipinski definition) is 13. The van der Waals surface area contributed by atoms with Crippen molar-refractivity contribution < 1.29 is 28.2 Å². The van der Waals surface area contributed by atoms with Gasteiger partial charge in [-0.3, -0.25) is 4.79 Å². The third-order valence-corrected chi connectivity index (χ3v) is 7.84. The predicted octanol–water partition coefficient (Wildman–Crippen LogP) is 2.60. The molecule has 5 aromatic rings. The van der Waals surface area contributed by atoms with Crippen molar-refractivity contribution >= 4 is 40.0 Å². The van der Waals surface area contributed by atoms with Crippen LogP contribution >= 0.6 is 0 Å². The molecule has 0 bridgehead atoms. The number of amides is 1. The lowest BCUT2D eigenvalue weighted by Gasteiger charge is -2.29. The Labute approximate surface area is 271 Å². The average molecular weight is 646 g/mol. The number of nitrogen functional groups attached to an aromatic ring is 2. The Hall–Kier alpha value is -4.70. The summed E-state index contributed by atoms with van der Waals surface area (Å²) in [5.74, 6) is 0.400. The van der Waals surface area contributed by atoms with Gasteiger partial charge in [-0.15, -0.1) is 0 Å². The summed E-state index contributed by atoms with van der Waals surface area (Å²) in [5, 5.41) is 5.50. The minimum absolute atomic E-state index is 0.0423. The second-order valence-corrected chi connectivity index (χ2v) is 11.0. The third kappa shape index (κ3) is 7.82. The molecule has 15 nitrogen and oxygen atoms in total. The maximum Gasteiger partial charge on any atom is 0.294 e. The molecule has 0 saturated carbocycles. The molecule has 248 valence electrons. The molecule has 0 atom stereocenters. The van der Waals surface area contributed by atoms with Crippen molar-refractivity contribution in [1.82, 2.24) is 34.6 Å². The van der Waals surface area contributed by atoms with Crippen molar-refractivity contribution in [2.24, 2.45) is 0 Å². The Bertz CT molecular complexity index is 1820. The highest BCUT2D eigenvalue weighted by Gasteiger charge is 2.22. The van der Waals surface area contributed by atoms with E-state index in [0.717, 1.165) is 17.5 Å². The quantitative estimate of drug-likeness (QED) is 0.149. The summed E-state index contributed by atoms with van der Waals surface area (Å²) in [6, 6.07) is 8.16. The fourth-order valence-corrected chi connectivity index (χ4v) is 5.52. The van der Waals surface area contributed by atoms with E-state index in [1.54, 1.807) is 12.3 Å². The van der Waals surface area contributed by atoms with Crippen LogP contribution in [0.1, 0.15) is 30.0 Å². The molecule has 6 rings (SSSR count). The van der Waals surface area contributed by atoms with E-state index in [4.69, 9.17) is 39.9 Å². The van der Waals surface area contributed by atoms with Crippen LogP contribution in [0.15, 0.2) is 41.2 Å². The first kappa shape index (κ1) is 32.2. The van der Waals surface area contributed by atoms with Crippen LogP contribution in [0, 0.1) is 0 Å². The van der Waals surface area contributed by atoms with Gasteiger partial charge in [0.15, 0.2) is 5.65 Å². The maximum atomic E-state index is 12.9. The number of nitrogens with two attached hydrogens (primary N) is 2. The summed E-state index contributed by atoms with van der Waals surface area (Å²) in [6.45, 7) is 7.77. The molecule has 5 heterocycles. The molecule has 1 aliphatic rings. The summed E-state index contributed by atoms with van der Waals surface area (Å²) in [4.78, 5) is 32.0. The topological polar surface area (TPSA) is 192 Å². The van der Waals surface area contributed by atoms with Crippen molar-refractivity contribution in [2.75, 3.05) is 70.9 Å². The molecular weight excluding hydrogens is 606 g/mol. The molecule has 0 saturated heterocycles. The van der Waals surface area contributed by atoms with E-state index >= 15 is 0 Å². The lowest BCUT2D eigenvalue weighted by Crippen LogP contribution is -2.36. The van der Waals surface area contributed by atoms with Gasteiger partial charge >= 0.3 is 0 Å². The summed E-state index contributed by atoms with van der Waals surface area (Å²) < 4.78 is 28.9. The Kier molecular flexibility index (Phi) is 10.5. The number of nitrogens with zero attached hydrogens (tertiary/aromatic N) is 7. The van der Waals surface area contributed by atoms with Crippen LogP contribution in [0.3, 0.4) is 0 Å². The third-order valence-electron chi connectivity index (χ3n) is 7.84. The van der Waals surface area contributed by atoms with E-state index < -0.39 is 0 Å². The summed E-state index contributed by atoms with van der Waals surface area (Å²) in [6.07, 6.45) is 4.17. The lowest BCUT2D eigenvalue weighted by molar-refractivity contribution is -0.133. The largest absolute Gasteiger partial charge is 0.405 e. The second kappa shape index (κ2) is 15.3. The van der Waals surface area contributed by atoms with Gasteiger partial charge in [-0.05, 0) is 36.1 Å². The highest BCUT2D eigenvalue weighted by Crippen LogP contribution is 2.32. The van der Waals surface area contributed by atoms with Crippen LogP contribution < -0.4 is 11.5 Å². The second-order valence-electron chi connectivity index (χ2n) is 11.0. The molecule has 0 aliphatic carbocycles. The van der Waals surface area contributed by atoms with Crippen molar-refractivity contribution in [2.45, 2.75) is 32.9 Å². The number of carbonyl (C=O) groups excluding carboxylic acids is 1. The molecule has 0 unspecified atom stereocenters. The van der Waals surface area contributed by atoms with E-state index in [2.05, 4.69) is 38.1 Å². The fraction of sp³-hybridized carbons (Fsp3) is 0.438. The van der Waals surface area contributed by atoms with E-state index in [0.29, 0.717) is 118 Å². The van der Waals surface area contributed by atoms with Gasteiger partial charge in [0, 0.05) is 31.5 Å². The smallest absolute Gasteiger partial charge is 0.294 e. The van der Waals surface area contributed by atoms with Crippen LogP contribution in [-0.2, 0) is 43.3 Å². The van der Waals surface area contributed by atoms with Gasteiger partial charge in [-0.25, -0.2) is 19.6 Å². The van der Waals surface area contributed by atoms with Crippen molar-refractivity contribution in [3.05, 3.63) is 53.5 Å². The number of anilines is 2. The first-order valence-electron chi connectivity index (χ1n) is 15.7. The monoisotopic (exact) mass is 645 g/mol. The van der Waals surface area contributed by atoms with Gasteiger partial charge in [0.05, 0.1) is 64.6 Å². The van der Waals surface area contributed by atoms with E-state index in [1.165, 1.54) is 11.9 Å². The summed E-state index contributed by atoms with van der Waals surface area (Å²) in [5.41, 5.74) is 18.2. The molecule has 0 fully saturated rings. The van der Waals surface area contributed by atoms with Gasteiger partial charge in [0.2, 0.25) is 11.6 Å². The summed E-state index contributed by atoms with van der Waals surface area (Å²) >= 11 is 0. The van der Waals surface area contributed by atoms with Gasteiger partial charge in [0.25, 0.3) is 6.01 Å². The first-order valence-corrected chi connectivity index (χ1v) is 15.7. The normalized spacial score (nSPS) is 13.1. The highest BCUT2D eigenvalue weighted by molar-refractivity contribution is 5.99. The average Bonchev–Trinajstić information content (AvgIpc) is 3.64. The number of carbonyl (C=O) groups is 1. The number of aromatic nitrogens is 6. The molecule has 4 N–H and O–H groups in total. The minimum Gasteiger partial charge on any atom is -0.405 e. The first-order chi connectivity index (χ1) is 23.0. The Morgan fingerprint density at radius 3 is 2.49 bits per heavy atom. The maximum absolute atomic E-state index is 12.9. The SMILES string of the molecule is CCOCCOCCOCCOCCC(=O)N1CCc2cc(Cn3nc(-c4cnc5oc(N)nc5c4)c4c(N)ncnc43)ccc2C1. The number of hydrogen-bond donors (Lipinski definition) is 2. The molecule has 0 spiro atoms. The molecule has 15 heteroatoms. The van der Waals surface area contributed by atoms with Gasteiger partial charge < -0.3 is 39.7 Å². The van der Waals surface area contributed by atoms with Crippen LogP contribution in [-0.4, -0.2) is 99.9 Å². The van der Waals surface area contributed by atoms with Crippen LogP contribution in [0.25, 0.3) is 33.5 Å². The van der Waals surface area contributed by atoms with E-state index in [9.17, 15) is 4.79 Å². The summed E-state index contributed by atoms with van der Waals surface area (Å²) in [7, 11) is 0. The number of benzene rings is 1. The molecule has 1 aromatic carbocycles. The van der Waals surface area contributed by atoms with E-state index in [-0.39, 0.29) is 11.9 Å².